The van der Waals surface area contributed by atoms with Crippen LogP contribution in [0, 0.1) is 13.8 Å². The van der Waals surface area contributed by atoms with Gasteiger partial charge in [-0.15, -0.1) is 0 Å². The highest BCUT2D eigenvalue weighted by Crippen LogP contribution is 2.34. The molecular weight excluding hydrogens is 800 g/mol. The van der Waals surface area contributed by atoms with Crippen molar-refractivity contribution in [2.75, 3.05) is 12.5 Å². The summed E-state index contributed by atoms with van der Waals surface area (Å²) < 4.78 is 46.5. The largest absolute Gasteiger partial charge is 0.481 e. The summed E-state index contributed by atoms with van der Waals surface area (Å²) >= 11 is 12.2. The van der Waals surface area contributed by atoms with Crippen molar-refractivity contribution in [2.24, 2.45) is 0 Å². The number of rotatable bonds is 9. The van der Waals surface area contributed by atoms with Crippen molar-refractivity contribution in [3.63, 3.8) is 0 Å². The molecule has 0 unspecified atom stereocenters. The van der Waals surface area contributed by atoms with Gasteiger partial charge in [0, 0.05) is 70.9 Å². The van der Waals surface area contributed by atoms with E-state index in [4.69, 9.17) is 33.4 Å². The normalized spacial score (nSPS) is 11.0. The predicted octanol–water partition coefficient (Wildman–Crippen LogP) is 8.29. The highest BCUT2D eigenvalue weighted by molar-refractivity contribution is 7.91. The zero-order valence-electron chi connectivity index (χ0n) is 30.5. The van der Waals surface area contributed by atoms with E-state index in [0.717, 1.165) is 56.2 Å². The maximum absolute atomic E-state index is 11.6. The summed E-state index contributed by atoms with van der Waals surface area (Å²) in [6.45, 7) is 3.84. The summed E-state index contributed by atoms with van der Waals surface area (Å²) in [7, 11) is -6.46. The fourth-order valence-electron chi connectivity index (χ4n) is 4.97. The Morgan fingerprint density at radius 3 is 1.11 bits per heavy atom. The minimum absolute atomic E-state index is 0.278. The maximum Gasteiger partial charge on any atom is 0.303 e. The molecule has 16 heteroatoms. The van der Waals surface area contributed by atoms with Crippen LogP contribution in [0.5, 0.6) is 0 Å². The fourth-order valence-corrected chi connectivity index (χ4v) is 6.55. The third-order valence-electron chi connectivity index (χ3n) is 7.82. The SMILES string of the molecule is Cc1ccc(-c2ncc(Cl)cc2-c2ccc(S(C)(=O)=O)cc2)cn1.Cc1ccc(-c2ncc(Cl)cc2-c2ccc(S(C)(=O)=O)cc2)cn1.O=C(O)CCC(=O)O. The Hall–Kier alpha value is -5.54. The molecule has 2 aromatic carbocycles. The van der Waals surface area contributed by atoms with Gasteiger partial charge in [0.2, 0.25) is 0 Å². The Balaban J connectivity index is 0.000000209. The van der Waals surface area contributed by atoms with Gasteiger partial charge in [0.05, 0.1) is 44.1 Å². The Morgan fingerprint density at radius 1 is 0.518 bits per heavy atom. The predicted molar refractivity (Wildman–Crippen MR) is 216 cm³/mol. The number of carboxylic acids is 2. The summed E-state index contributed by atoms with van der Waals surface area (Å²) in [5, 5.41) is 16.8. The van der Waals surface area contributed by atoms with Crippen LogP contribution in [-0.2, 0) is 29.3 Å². The first-order valence-corrected chi connectivity index (χ1v) is 21.1. The van der Waals surface area contributed by atoms with Gasteiger partial charge in [-0.25, -0.2) is 16.8 Å². The molecule has 56 heavy (non-hydrogen) atoms. The molecule has 0 spiro atoms. The Bertz CT molecular complexity index is 2370. The van der Waals surface area contributed by atoms with Crippen LogP contribution >= 0.6 is 23.2 Å². The van der Waals surface area contributed by atoms with Crippen LogP contribution in [0.25, 0.3) is 44.8 Å². The van der Waals surface area contributed by atoms with E-state index in [1.54, 1.807) is 73.3 Å². The van der Waals surface area contributed by atoms with Gasteiger partial charge in [-0.3, -0.25) is 29.5 Å². The molecule has 12 nitrogen and oxygen atoms in total. The molecule has 6 aromatic rings. The first-order chi connectivity index (χ1) is 26.3. The highest BCUT2D eigenvalue weighted by Gasteiger charge is 2.14. The molecule has 290 valence electrons. The number of carboxylic acid groups (broad SMARTS) is 2. The number of benzene rings is 2. The molecule has 0 atom stereocenters. The molecule has 4 heterocycles. The molecule has 0 aliphatic carbocycles. The van der Waals surface area contributed by atoms with E-state index >= 15 is 0 Å². The molecule has 0 aliphatic heterocycles. The molecule has 4 aromatic heterocycles. The molecule has 0 fully saturated rings. The molecule has 0 aliphatic rings. The number of sulfone groups is 2. The van der Waals surface area contributed by atoms with Crippen molar-refractivity contribution >= 4 is 54.8 Å². The van der Waals surface area contributed by atoms with Gasteiger partial charge in [-0.05, 0) is 85.6 Å². The zero-order chi connectivity index (χ0) is 41.2. The van der Waals surface area contributed by atoms with Crippen molar-refractivity contribution in [2.45, 2.75) is 36.5 Å². The van der Waals surface area contributed by atoms with Crippen molar-refractivity contribution in [3.8, 4) is 44.8 Å². The van der Waals surface area contributed by atoms with Crippen LogP contribution in [0.2, 0.25) is 10.0 Å². The van der Waals surface area contributed by atoms with Gasteiger partial charge in [0.15, 0.2) is 19.7 Å². The summed E-state index contributed by atoms with van der Waals surface area (Å²) in [5.74, 6) is -2.15. The van der Waals surface area contributed by atoms with Crippen molar-refractivity contribution in [1.82, 2.24) is 19.9 Å². The van der Waals surface area contributed by atoms with Crippen LogP contribution in [0.3, 0.4) is 0 Å². The molecule has 0 radical (unpaired) electrons. The van der Waals surface area contributed by atoms with Gasteiger partial charge < -0.3 is 10.2 Å². The second kappa shape index (κ2) is 18.9. The first kappa shape index (κ1) is 43.2. The zero-order valence-corrected chi connectivity index (χ0v) is 33.7. The molecule has 0 bridgehead atoms. The summed E-state index contributed by atoms with van der Waals surface area (Å²) in [6, 6.07) is 24.8. The number of aliphatic carboxylic acids is 2. The number of carbonyl (C=O) groups is 2. The average Bonchev–Trinajstić information content (AvgIpc) is 3.15. The van der Waals surface area contributed by atoms with E-state index in [1.807, 2.05) is 50.2 Å². The van der Waals surface area contributed by atoms with Crippen molar-refractivity contribution in [3.05, 3.63) is 131 Å². The molecule has 2 N–H and O–H groups in total. The lowest BCUT2D eigenvalue weighted by Crippen LogP contribution is -2.00. The number of aromatic nitrogens is 4. The lowest BCUT2D eigenvalue weighted by molar-refractivity contribution is -0.143. The van der Waals surface area contributed by atoms with Gasteiger partial charge in [0.25, 0.3) is 0 Å². The quantitative estimate of drug-likeness (QED) is 0.142. The number of halogens is 2. The van der Waals surface area contributed by atoms with E-state index in [0.29, 0.717) is 10.0 Å². The molecule has 0 saturated carbocycles. The average molecular weight is 836 g/mol. The van der Waals surface area contributed by atoms with Crippen molar-refractivity contribution < 1.29 is 36.6 Å². The minimum Gasteiger partial charge on any atom is -0.481 e. The fraction of sp³-hybridized carbons (Fsp3) is 0.150. The number of pyridine rings is 4. The lowest BCUT2D eigenvalue weighted by Gasteiger charge is -2.10. The topological polar surface area (TPSA) is 194 Å². The van der Waals surface area contributed by atoms with Crippen LogP contribution in [0.1, 0.15) is 24.2 Å². The van der Waals surface area contributed by atoms with Crippen molar-refractivity contribution in [1.29, 1.82) is 0 Å². The van der Waals surface area contributed by atoms with Crippen LogP contribution < -0.4 is 0 Å². The second-order valence-corrected chi connectivity index (χ2v) is 17.3. The van der Waals surface area contributed by atoms with Gasteiger partial charge >= 0.3 is 11.9 Å². The van der Waals surface area contributed by atoms with Gasteiger partial charge in [-0.2, -0.15) is 0 Å². The van der Waals surface area contributed by atoms with Crippen LogP contribution in [0.15, 0.2) is 120 Å². The lowest BCUT2D eigenvalue weighted by atomic mass is 10.0. The van der Waals surface area contributed by atoms with E-state index in [9.17, 15) is 26.4 Å². The molecular formula is C40H36Cl2N4O8S2. The summed E-state index contributed by atoms with van der Waals surface area (Å²) in [6.07, 6.45) is 8.49. The smallest absolute Gasteiger partial charge is 0.303 e. The monoisotopic (exact) mass is 834 g/mol. The third kappa shape index (κ3) is 12.5. The third-order valence-corrected chi connectivity index (χ3v) is 10.5. The Morgan fingerprint density at radius 2 is 0.839 bits per heavy atom. The summed E-state index contributed by atoms with van der Waals surface area (Å²) in [5.41, 5.74) is 8.43. The Kier molecular flexibility index (Phi) is 14.6. The highest BCUT2D eigenvalue weighted by atomic mass is 35.5. The van der Waals surface area contributed by atoms with E-state index in [-0.39, 0.29) is 22.6 Å². The number of aryl methyl sites for hydroxylation is 2. The number of hydrogen-bond acceptors (Lipinski definition) is 10. The standard InChI is InChI=1S/2C18H15ClN2O2S.C4H6O4/c2*1-12-3-4-14(10-20-12)18-17(9-15(19)11-21-18)13-5-7-16(8-6-13)24(2,22)23;5-3(6)1-2-4(7)8/h2*3-11H,1-2H3;1-2H2,(H,5,6)(H,7,8). The van der Waals surface area contributed by atoms with Crippen LogP contribution in [-0.4, -0.2) is 71.4 Å². The number of nitrogens with zero attached hydrogens (tertiary/aromatic N) is 4. The van der Waals surface area contributed by atoms with Crippen LogP contribution in [0.4, 0.5) is 0 Å². The van der Waals surface area contributed by atoms with E-state index in [1.165, 1.54) is 12.5 Å². The van der Waals surface area contributed by atoms with E-state index < -0.39 is 31.6 Å². The number of hydrogen-bond donors (Lipinski definition) is 2. The molecule has 0 amide bonds. The first-order valence-electron chi connectivity index (χ1n) is 16.5. The minimum atomic E-state index is -3.23. The van der Waals surface area contributed by atoms with Gasteiger partial charge in [0.1, 0.15) is 0 Å². The Labute approximate surface area is 334 Å². The van der Waals surface area contributed by atoms with E-state index in [2.05, 4.69) is 19.9 Å². The summed E-state index contributed by atoms with van der Waals surface area (Å²) in [4.78, 5) is 37.3. The van der Waals surface area contributed by atoms with Gasteiger partial charge in [-0.1, -0.05) is 47.5 Å². The maximum atomic E-state index is 11.6. The molecule has 0 saturated heterocycles. The molecule has 6 rings (SSSR count). The second-order valence-electron chi connectivity index (χ2n) is 12.4.